The Labute approximate surface area is 181 Å². The van der Waals surface area contributed by atoms with Gasteiger partial charge in [0, 0.05) is 35.2 Å². The number of carbonyl (C=O) groups is 1. The van der Waals surface area contributed by atoms with Crippen LogP contribution < -0.4 is 20.2 Å². The number of benzene rings is 2. The normalized spacial score (nSPS) is 10.7. The fourth-order valence-electron chi connectivity index (χ4n) is 2.72. The molecule has 1 heterocycles. The summed E-state index contributed by atoms with van der Waals surface area (Å²) in [5, 5.41) is 20.5. The van der Waals surface area contributed by atoms with Crippen LogP contribution in [0.25, 0.3) is 11.3 Å². The highest BCUT2D eigenvalue weighted by molar-refractivity contribution is 7.14. The van der Waals surface area contributed by atoms with Gasteiger partial charge < -0.3 is 14.8 Å². The van der Waals surface area contributed by atoms with Crippen LogP contribution in [0.3, 0.4) is 0 Å². The van der Waals surface area contributed by atoms with E-state index in [1.54, 1.807) is 18.2 Å². The number of nitrogens with one attached hydrogen (secondary N) is 2. The maximum Gasteiger partial charge on any atom is 0.315 e. The summed E-state index contributed by atoms with van der Waals surface area (Å²) in [6.07, 6.45) is 1.43. The zero-order valence-corrected chi connectivity index (χ0v) is 17.7. The first-order valence-electron chi connectivity index (χ1n) is 8.94. The minimum absolute atomic E-state index is 0.0479. The zero-order valence-electron chi connectivity index (χ0n) is 16.9. The molecule has 0 atom stereocenters. The average molecular weight is 441 g/mol. The van der Waals surface area contributed by atoms with Crippen molar-refractivity contribution in [3.05, 3.63) is 57.5 Å². The molecule has 11 heteroatoms. The number of nitro groups is 1. The highest BCUT2D eigenvalue weighted by Crippen LogP contribution is 2.37. The standard InChI is InChI=1S/C20H19N5O5S/c1-12(26)22-15-6-4-14(5-7-15)16-11-31-20(23-16)24-21-10-13-8-17(25(27)28)19(30-3)18(9-13)29-2/h4-11H,1-3H3,(H,22,26)(H,23,24)/b21-10-. The fraction of sp³-hybridized carbons (Fsp3) is 0.150. The molecule has 2 N–H and O–H groups in total. The summed E-state index contributed by atoms with van der Waals surface area (Å²) in [6, 6.07) is 10.2. The van der Waals surface area contributed by atoms with Gasteiger partial charge in [-0.1, -0.05) is 12.1 Å². The van der Waals surface area contributed by atoms with E-state index in [4.69, 9.17) is 9.47 Å². The molecule has 0 saturated carbocycles. The van der Waals surface area contributed by atoms with Crippen LogP contribution >= 0.6 is 11.3 Å². The quantitative estimate of drug-likeness (QED) is 0.305. The topological polar surface area (TPSA) is 128 Å². The monoisotopic (exact) mass is 441 g/mol. The molecule has 3 aromatic rings. The van der Waals surface area contributed by atoms with E-state index in [0.717, 1.165) is 11.3 Å². The van der Waals surface area contributed by atoms with E-state index in [1.165, 1.54) is 44.8 Å². The number of nitrogens with zero attached hydrogens (tertiary/aromatic N) is 3. The van der Waals surface area contributed by atoms with Crippen molar-refractivity contribution in [1.29, 1.82) is 0 Å². The Hall–Kier alpha value is -3.99. The molecule has 0 aliphatic rings. The van der Waals surface area contributed by atoms with Crippen LogP contribution in [0.1, 0.15) is 12.5 Å². The number of nitro benzene ring substituents is 1. The first-order valence-corrected chi connectivity index (χ1v) is 9.82. The lowest BCUT2D eigenvalue weighted by atomic mass is 10.1. The van der Waals surface area contributed by atoms with Crippen molar-refractivity contribution >= 4 is 40.0 Å². The van der Waals surface area contributed by atoms with Crippen LogP contribution in [0, 0.1) is 10.1 Å². The van der Waals surface area contributed by atoms with Gasteiger partial charge in [-0.3, -0.25) is 20.3 Å². The minimum Gasteiger partial charge on any atom is -0.493 e. The Balaban J connectivity index is 1.72. The summed E-state index contributed by atoms with van der Waals surface area (Å²) < 4.78 is 10.2. The summed E-state index contributed by atoms with van der Waals surface area (Å²) in [4.78, 5) is 26.3. The molecule has 1 amide bonds. The number of carbonyl (C=O) groups excluding carboxylic acids is 1. The van der Waals surface area contributed by atoms with Crippen molar-refractivity contribution in [1.82, 2.24) is 4.98 Å². The molecule has 10 nitrogen and oxygen atoms in total. The van der Waals surface area contributed by atoms with Gasteiger partial charge in [0.2, 0.25) is 16.8 Å². The molecule has 0 saturated heterocycles. The second-order valence-corrected chi connectivity index (χ2v) is 7.06. The average Bonchev–Trinajstić information content (AvgIpc) is 3.22. The summed E-state index contributed by atoms with van der Waals surface area (Å²) in [7, 11) is 2.74. The molecular formula is C20H19N5O5S. The number of aromatic nitrogens is 1. The Morgan fingerprint density at radius 3 is 2.58 bits per heavy atom. The molecule has 0 fully saturated rings. The summed E-state index contributed by atoms with van der Waals surface area (Å²) >= 11 is 1.36. The zero-order chi connectivity index (χ0) is 22.4. The predicted octanol–water partition coefficient (Wildman–Crippen LogP) is 4.14. The highest BCUT2D eigenvalue weighted by Gasteiger charge is 2.21. The van der Waals surface area contributed by atoms with Crippen LogP contribution in [-0.2, 0) is 4.79 Å². The van der Waals surface area contributed by atoms with E-state index >= 15 is 0 Å². The van der Waals surface area contributed by atoms with Crippen molar-refractivity contribution in [2.75, 3.05) is 25.0 Å². The lowest BCUT2D eigenvalue weighted by Gasteiger charge is -2.08. The minimum atomic E-state index is -0.545. The second-order valence-electron chi connectivity index (χ2n) is 6.20. The van der Waals surface area contributed by atoms with Crippen LogP contribution in [0.15, 0.2) is 46.9 Å². The van der Waals surface area contributed by atoms with Gasteiger partial charge in [0.05, 0.1) is 31.1 Å². The van der Waals surface area contributed by atoms with Gasteiger partial charge in [0.1, 0.15) is 0 Å². The molecule has 2 aromatic carbocycles. The molecule has 0 spiro atoms. The van der Waals surface area contributed by atoms with E-state index in [-0.39, 0.29) is 23.1 Å². The number of thiazole rings is 1. The van der Waals surface area contributed by atoms with Crippen LogP contribution in [0.4, 0.5) is 16.5 Å². The Morgan fingerprint density at radius 2 is 1.97 bits per heavy atom. The second kappa shape index (κ2) is 9.67. The van der Waals surface area contributed by atoms with Crippen molar-refractivity contribution in [3.63, 3.8) is 0 Å². The molecular weight excluding hydrogens is 422 g/mol. The Bertz CT molecular complexity index is 1130. The Kier molecular flexibility index (Phi) is 6.78. The first kappa shape index (κ1) is 21.7. The maximum absolute atomic E-state index is 11.3. The van der Waals surface area contributed by atoms with Crippen molar-refractivity contribution in [2.45, 2.75) is 6.92 Å². The summed E-state index contributed by atoms with van der Waals surface area (Å²) in [6.45, 7) is 1.45. The molecule has 0 bridgehead atoms. The predicted molar refractivity (Wildman–Crippen MR) is 119 cm³/mol. The van der Waals surface area contributed by atoms with Crippen LogP contribution in [-0.4, -0.2) is 36.2 Å². The first-order chi connectivity index (χ1) is 14.9. The number of amides is 1. The molecule has 0 unspecified atom stereocenters. The van der Waals surface area contributed by atoms with Gasteiger partial charge in [-0.05, 0) is 18.2 Å². The van der Waals surface area contributed by atoms with Gasteiger partial charge in [-0.15, -0.1) is 11.3 Å². The molecule has 1 aromatic heterocycles. The third kappa shape index (κ3) is 5.34. The van der Waals surface area contributed by atoms with Crippen LogP contribution in [0.2, 0.25) is 0 Å². The van der Waals surface area contributed by atoms with Crippen molar-refractivity contribution < 1.29 is 19.2 Å². The molecule has 160 valence electrons. The molecule has 0 radical (unpaired) electrons. The van der Waals surface area contributed by atoms with E-state index in [9.17, 15) is 14.9 Å². The van der Waals surface area contributed by atoms with Gasteiger partial charge in [0.25, 0.3) is 0 Å². The molecule has 0 aliphatic heterocycles. The van der Waals surface area contributed by atoms with Gasteiger partial charge in [-0.25, -0.2) is 4.98 Å². The van der Waals surface area contributed by atoms with E-state index < -0.39 is 4.92 Å². The lowest BCUT2D eigenvalue weighted by Crippen LogP contribution is -2.05. The van der Waals surface area contributed by atoms with E-state index in [0.29, 0.717) is 16.4 Å². The van der Waals surface area contributed by atoms with Crippen LogP contribution in [0.5, 0.6) is 11.5 Å². The number of anilines is 2. The maximum atomic E-state index is 11.3. The molecule has 3 rings (SSSR count). The summed E-state index contributed by atoms with van der Waals surface area (Å²) in [5.41, 5.74) is 5.40. The Morgan fingerprint density at radius 1 is 1.23 bits per heavy atom. The van der Waals surface area contributed by atoms with Gasteiger partial charge in [0.15, 0.2) is 5.75 Å². The lowest BCUT2D eigenvalue weighted by molar-refractivity contribution is -0.385. The van der Waals surface area contributed by atoms with E-state index in [1.807, 2.05) is 17.5 Å². The van der Waals surface area contributed by atoms with E-state index in [2.05, 4.69) is 20.8 Å². The third-order valence-electron chi connectivity index (χ3n) is 4.06. The molecule has 31 heavy (non-hydrogen) atoms. The number of ether oxygens (including phenoxy) is 2. The van der Waals surface area contributed by atoms with Gasteiger partial charge in [-0.2, -0.15) is 5.10 Å². The smallest absolute Gasteiger partial charge is 0.315 e. The fourth-order valence-corrected chi connectivity index (χ4v) is 3.39. The SMILES string of the molecule is COc1cc(/C=N\Nc2nc(-c3ccc(NC(C)=O)cc3)cs2)cc([N+](=O)[O-])c1OC. The highest BCUT2D eigenvalue weighted by atomic mass is 32.1. The number of rotatable bonds is 8. The summed E-state index contributed by atoms with van der Waals surface area (Å²) in [5.74, 6) is 0.148. The molecule has 0 aliphatic carbocycles. The van der Waals surface area contributed by atoms with Crippen molar-refractivity contribution in [3.8, 4) is 22.8 Å². The number of hydrazone groups is 1. The van der Waals surface area contributed by atoms with Gasteiger partial charge >= 0.3 is 5.69 Å². The number of methoxy groups -OCH3 is 2. The van der Waals surface area contributed by atoms with Crippen molar-refractivity contribution in [2.24, 2.45) is 5.10 Å². The largest absolute Gasteiger partial charge is 0.493 e. The number of hydrogen-bond donors (Lipinski definition) is 2. The third-order valence-corrected chi connectivity index (χ3v) is 4.80. The number of hydrogen-bond acceptors (Lipinski definition) is 9.